The van der Waals surface area contributed by atoms with Crippen LogP contribution in [0.5, 0.6) is 0 Å². The summed E-state index contributed by atoms with van der Waals surface area (Å²) in [5.41, 5.74) is -10.0. The predicted molar refractivity (Wildman–Crippen MR) is 275 cm³/mol. The van der Waals surface area contributed by atoms with Gasteiger partial charge < -0.3 is 63.3 Å². The van der Waals surface area contributed by atoms with E-state index in [1.54, 1.807) is 98.6 Å². The second-order valence-electron chi connectivity index (χ2n) is 14.7. The Kier molecular flexibility index (Phi) is 43.9. The maximum Gasteiger partial charge on any atom is 3.00 e. The van der Waals surface area contributed by atoms with Gasteiger partial charge in [-0.1, -0.05) is 36.4 Å². The first-order chi connectivity index (χ1) is 39.5. The van der Waals surface area contributed by atoms with Crippen LogP contribution in [-0.2, 0) is 88.8 Å². The van der Waals surface area contributed by atoms with Crippen LogP contribution in [0.3, 0.4) is 0 Å². The molecule has 0 saturated carbocycles. The van der Waals surface area contributed by atoms with E-state index in [9.17, 15) is 39.5 Å². The van der Waals surface area contributed by atoms with Gasteiger partial charge in [-0.05, 0) is 97.1 Å². The van der Waals surface area contributed by atoms with Gasteiger partial charge in [0, 0.05) is 74.4 Å². The summed E-state index contributed by atoms with van der Waals surface area (Å²) >= 11 is 0. The molecule has 10 rings (SSSR count). The van der Waals surface area contributed by atoms with Crippen molar-refractivity contribution in [3.63, 3.8) is 0 Å². The van der Waals surface area contributed by atoms with Crippen molar-refractivity contribution in [1.82, 2.24) is 69.8 Å². The van der Waals surface area contributed by atoms with Crippen LogP contribution < -0.4 is 49.6 Å². The van der Waals surface area contributed by atoms with E-state index < -0.39 is 46.9 Å². The number of rotatable bonds is 6. The van der Waals surface area contributed by atoms with E-state index in [0.29, 0.717) is 23.3 Å². The third kappa shape index (κ3) is 33.5. The van der Waals surface area contributed by atoms with Crippen molar-refractivity contribution in [3.8, 4) is 68.8 Å². The van der Waals surface area contributed by atoms with Crippen molar-refractivity contribution in [3.05, 3.63) is 208 Å². The second-order valence-corrected chi connectivity index (χ2v) is 18.8. The monoisotopic (exact) mass is 1680 g/mol. The summed E-state index contributed by atoms with van der Waals surface area (Å²) in [6.45, 7) is 0. The van der Waals surface area contributed by atoms with Crippen LogP contribution in [0, 0.1) is 0 Å². The Labute approximate surface area is 575 Å². The largest absolute Gasteiger partial charge is 3.00 e. The molecule has 0 aliphatic carbocycles. The van der Waals surface area contributed by atoms with Gasteiger partial charge in [0.2, 0.25) is 0 Å². The fourth-order valence-electron chi connectivity index (χ4n) is 5.16. The SMILES string of the molecule is O=S(=O)([O-])C(F)(F)F.O=S(=O)([O-])C(F)(F)F.O=S(=O)([O-])C(F)(F)F.[Cl-].[Cl-].[Cl-].[Cl-].[Rh+3].[Ru+2].[Ru+2].c1ccc(-c2cccc(-c3ccccn3)n2)nc1.c1ccc(-c2cccc(-c3ccccn3)n2)nc1.c1cnc(-c2ncccn2)nc1.c1cnc(-c2ncccn2)nc1. The van der Waals surface area contributed by atoms with Crippen LogP contribution in [0.25, 0.3) is 68.8 Å². The quantitative estimate of drug-likeness (QED) is 0.0673. The minimum absolute atomic E-state index is 0. The van der Waals surface area contributed by atoms with Crippen molar-refractivity contribution in [2.75, 3.05) is 0 Å². The normalized spacial score (nSPS) is 10.3. The minimum atomic E-state index is -6.09. The van der Waals surface area contributed by atoms with Crippen molar-refractivity contribution in [2.24, 2.45) is 0 Å². The third-order valence-electron chi connectivity index (χ3n) is 8.72. The molecule has 10 aromatic rings. The molecule has 0 bridgehead atoms. The van der Waals surface area contributed by atoms with E-state index in [0.717, 1.165) is 45.6 Å². The van der Waals surface area contributed by atoms with E-state index in [1.165, 1.54) is 0 Å². The third-order valence-corrected chi connectivity index (χ3v) is 10.4. The summed E-state index contributed by atoms with van der Waals surface area (Å²) in [6, 6.07) is 42.0. The van der Waals surface area contributed by atoms with Gasteiger partial charge in [0.1, 0.15) is 0 Å². The fourth-order valence-corrected chi connectivity index (χ4v) is 5.16. The molecule has 0 spiro atoms. The summed E-state index contributed by atoms with van der Waals surface area (Å²) in [7, 11) is -18.3. The molecule has 0 aromatic carbocycles. The molecule has 91 heavy (non-hydrogen) atoms. The number of hydrogen-bond acceptors (Lipinski definition) is 23. The van der Waals surface area contributed by atoms with E-state index in [2.05, 4.69) is 69.8 Å². The molecule has 10 aromatic heterocycles. The molecular weight excluding hydrogens is 1640 g/mol. The molecular formula is C49H34Cl4F9N14O9RhRu2S3. The van der Waals surface area contributed by atoms with Gasteiger partial charge in [0.05, 0.1) is 45.6 Å². The van der Waals surface area contributed by atoms with Crippen LogP contribution in [0.4, 0.5) is 39.5 Å². The molecule has 0 fully saturated rings. The van der Waals surface area contributed by atoms with Crippen molar-refractivity contribution < 1.29 is 186 Å². The van der Waals surface area contributed by atoms with Crippen molar-refractivity contribution in [1.29, 1.82) is 0 Å². The molecule has 0 amide bonds. The van der Waals surface area contributed by atoms with Crippen LogP contribution in [0.15, 0.2) is 208 Å². The zero-order valence-electron chi connectivity index (χ0n) is 44.2. The summed E-state index contributed by atoms with van der Waals surface area (Å²) in [6.07, 6.45) is 20.4. The number of aromatic nitrogens is 14. The summed E-state index contributed by atoms with van der Waals surface area (Å²) in [5.74, 6) is 2.22. The van der Waals surface area contributed by atoms with Gasteiger partial charge in [0.25, 0.3) is 0 Å². The van der Waals surface area contributed by atoms with Gasteiger partial charge in [-0.3, -0.25) is 19.9 Å². The predicted octanol–water partition coefficient (Wildman–Crippen LogP) is -3.56. The van der Waals surface area contributed by atoms with Crippen LogP contribution >= 0.6 is 0 Å². The van der Waals surface area contributed by atoms with Crippen LogP contribution in [0.2, 0.25) is 0 Å². The van der Waals surface area contributed by atoms with Crippen LogP contribution in [-0.4, -0.2) is 125 Å². The molecule has 0 aliphatic rings. The zero-order chi connectivity index (χ0) is 61.9. The summed E-state index contributed by atoms with van der Waals surface area (Å²) in [4.78, 5) is 58.5. The Balaban J connectivity index is -0.000000492. The fraction of sp³-hybridized carbons (Fsp3) is 0.0612. The number of hydrogen-bond donors (Lipinski definition) is 0. The smallest absolute Gasteiger partial charge is 1.00 e. The Morgan fingerprint density at radius 2 is 0.396 bits per heavy atom. The Bertz CT molecular complexity index is 3450. The average Bonchev–Trinajstić information content (AvgIpc) is 1.09. The van der Waals surface area contributed by atoms with E-state index in [-0.39, 0.29) is 108 Å². The molecule has 0 radical (unpaired) electrons. The minimum Gasteiger partial charge on any atom is -1.00 e. The Hall–Kier alpha value is -6.65. The number of halogens is 13. The van der Waals surface area contributed by atoms with E-state index in [1.807, 2.05) is 109 Å². The summed E-state index contributed by atoms with van der Waals surface area (Å²) < 4.78 is 177. The molecule has 0 saturated heterocycles. The maximum absolute atomic E-state index is 10.7. The Morgan fingerprint density at radius 3 is 0.527 bits per heavy atom. The number of pyridine rings is 6. The molecule has 0 atom stereocenters. The van der Waals surface area contributed by atoms with Gasteiger partial charge in [-0.2, -0.15) is 39.5 Å². The van der Waals surface area contributed by atoms with E-state index in [4.69, 9.17) is 38.9 Å². The van der Waals surface area contributed by atoms with Gasteiger partial charge in [0.15, 0.2) is 53.7 Å². The molecule has 42 heteroatoms. The molecule has 0 aliphatic heterocycles. The van der Waals surface area contributed by atoms with Gasteiger partial charge >= 0.3 is 75.0 Å². The molecule has 0 N–H and O–H groups in total. The van der Waals surface area contributed by atoms with Gasteiger partial charge in [-0.15, -0.1) is 0 Å². The molecule has 23 nitrogen and oxygen atoms in total. The van der Waals surface area contributed by atoms with Crippen molar-refractivity contribution in [2.45, 2.75) is 16.5 Å². The second kappa shape index (κ2) is 44.0. The van der Waals surface area contributed by atoms with E-state index >= 15 is 0 Å². The average molecular weight is 1680 g/mol. The first-order valence-electron chi connectivity index (χ1n) is 22.3. The summed E-state index contributed by atoms with van der Waals surface area (Å²) in [5, 5.41) is 0. The topological polar surface area (TPSA) is 352 Å². The van der Waals surface area contributed by atoms with Gasteiger partial charge in [-0.25, -0.2) is 75.1 Å². The molecule has 10 heterocycles. The Morgan fingerprint density at radius 1 is 0.253 bits per heavy atom. The zero-order valence-corrected chi connectivity index (χ0v) is 54.8. The van der Waals surface area contributed by atoms with Crippen LogP contribution in [0.1, 0.15) is 0 Å². The maximum atomic E-state index is 10.7. The standard InChI is InChI=1S/2C15H11N3.2C8H6N4.3CHF3O3S.4ClH.Rh.2Ru/c2*1-3-10-16-12(6-1)14-8-5-9-15(18-14)13-7-2-4-11-17-13;2*1-3-9-7(10-4-1)8-11-5-2-6-12-8;3*2-1(3,4)8(5,6)7;;;;;;;/h2*1-11H;2*1-6H;3*(H,5,6,7);4*1H;;;/q;;;;;;;;;;;+3;2*+2/p-7. The molecule has 0 unspecified atom stereocenters. The number of nitrogens with zero attached hydrogens (tertiary/aromatic N) is 14. The molecule has 488 valence electrons. The first kappa shape index (κ1) is 90.8. The number of alkyl halides is 9. The van der Waals surface area contributed by atoms with Crippen molar-refractivity contribution >= 4 is 30.4 Å². The first-order valence-corrected chi connectivity index (χ1v) is 26.5.